The molecule has 0 saturated heterocycles. The largest absolute Gasteiger partial charge is 0.481 e. The molecule has 0 atom stereocenters. The summed E-state index contributed by atoms with van der Waals surface area (Å²) in [7, 11) is 2.70. The summed E-state index contributed by atoms with van der Waals surface area (Å²) in [5, 5.41) is 7.01. The number of methoxy groups -OCH3 is 2. The lowest BCUT2D eigenvalue weighted by Gasteiger charge is -2.04. The van der Waals surface area contributed by atoms with Crippen molar-refractivity contribution < 1.29 is 9.47 Å². The maximum absolute atomic E-state index is 7.01. The van der Waals surface area contributed by atoms with E-state index in [-0.39, 0.29) is 17.5 Å². The van der Waals surface area contributed by atoms with Crippen LogP contribution >= 0.6 is 0 Å². The molecule has 0 aliphatic carbocycles. The summed E-state index contributed by atoms with van der Waals surface area (Å²) in [6, 6.07) is 0. The van der Waals surface area contributed by atoms with Crippen molar-refractivity contribution >= 4 is 5.90 Å². The highest BCUT2D eigenvalue weighted by molar-refractivity contribution is 5.90. The molecule has 5 heteroatoms. The molecule has 0 heterocycles. The lowest BCUT2D eigenvalue weighted by molar-refractivity contribution is 0.281. The van der Waals surface area contributed by atoms with Gasteiger partial charge in [0.25, 0.3) is 0 Å². The summed E-state index contributed by atoms with van der Waals surface area (Å²) in [6.07, 6.45) is 0. The predicted octanol–water partition coefficient (Wildman–Crippen LogP) is -0.657. The number of hydrogen-bond acceptors (Lipinski definition) is 5. The van der Waals surface area contributed by atoms with E-state index >= 15 is 0 Å². The quantitative estimate of drug-likeness (QED) is 0.273. The highest BCUT2D eigenvalue weighted by Crippen LogP contribution is 1.93. The van der Waals surface area contributed by atoms with Gasteiger partial charge in [0.1, 0.15) is 0 Å². The summed E-state index contributed by atoms with van der Waals surface area (Å²) in [6.45, 7) is 0. The number of hydrogen-bond donors (Lipinski definition) is 3. The first-order valence-corrected chi connectivity index (χ1v) is 2.55. The molecule has 58 valence electrons. The Morgan fingerprint density at radius 3 is 2.00 bits per heavy atom. The number of ether oxygens (including phenoxy) is 2. The van der Waals surface area contributed by atoms with Crippen LogP contribution in [0.1, 0.15) is 0 Å². The third-order valence-electron chi connectivity index (χ3n) is 0.934. The summed E-state index contributed by atoms with van der Waals surface area (Å²) < 4.78 is 9.02. The Morgan fingerprint density at radius 2 is 1.70 bits per heavy atom. The summed E-state index contributed by atoms with van der Waals surface area (Å²) in [5.74, 6) is -0.203. The Labute approximate surface area is 59.1 Å². The monoisotopic (exact) mass is 145 g/mol. The molecular formula is C5H11N3O2. The summed E-state index contributed by atoms with van der Waals surface area (Å²) in [4.78, 5) is 0. The van der Waals surface area contributed by atoms with Crippen LogP contribution in [0.2, 0.25) is 0 Å². The third kappa shape index (κ3) is 1.85. The molecule has 0 bridgehead atoms. The molecule has 0 rings (SSSR count). The second-order valence-electron chi connectivity index (χ2n) is 1.52. The zero-order valence-corrected chi connectivity index (χ0v) is 5.97. The van der Waals surface area contributed by atoms with Gasteiger partial charge in [-0.1, -0.05) is 0 Å². The minimum Gasteiger partial charge on any atom is -0.481 e. The van der Waals surface area contributed by atoms with Crippen molar-refractivity contribution in [3.8, 4) is 0 Å². The average Bonchev–Trinajstić information content (AvgIpc) is 2.00. The molecule has 0 aromatic rings. The van der Waals surface area contributed by atoms with E-state index in [0.29, 0.717) is 0 Å². The highest BCUT2D eigenvalue weighted by atomic mass is 16.5. The molecule has 0 spiro atoms. The van der Waals surface area contributed by atoms with E-state index in [1.165, 1.54) is 14.2 Å². The van der Waals surface area contributed by atoms with Crippen molar-refractivity contribution in [2.75, 3.05) is 14.2 Å². The Morgan fingerprint density at radius 1 is 1.20 bits per heavy atom. The van der Waals surface area contributed by atoms with Gasteiger partial charge in [-0.3, -0.25) is 5.41 Å². The smallest absolute Gasteiger partial charge is 0.234 e. The standard InChI is InChI=1S/C5H11N3O2/c1-9-4(7)3(6)5(8)10-2/h7H,6,8H2,1-2H3/b5-3-,7-4?. The SMILES string of the molecule is COC(=N)/C(N)=C(\N)OC. The van der Waals surface area contributed by atoms with Crippen molar-refractivity contribution in [3.05, 3.63) is 11.6 Å². The lowest BCUT2D eigenvalue weighted by atomic mass is 10.4. The van der Waals surface area contributed by atoms with Gasteiger partial charge in [-0.05, 0) is 0 Å². The fourth-order valence-corrected chi connectivity index (χ4v) is 0.332. The van der Waals surface area contributed by atoms with E-state index in [9.17, 15) is 0 Å². The van der Waals surface area contributed by atoms with Gasteiger partial charge < -0.3 is 20.9 Å². The molecule has 5 N–H and O–H groups in total. The third-order valence-corrected chi connectivity index (χ3v) is 0.934. The summed E-state index contributed by atoms with van der Waals surface area (Å²) >= 11 is 0. The first-order chi connectivity index (χ1) is 4.63. The Kier molecular flexibility index (Phi) is 3.10. The molecule has 0 aromatic heterocycles. The second-order valence-corrected chi connectivity index (χ2v) is 1.52. The Balaban J connectivity index is 4.30. The number of nitrogens with two attached hydrogens (primary N) is 2. The van der Waals surface area contributed by atoms with Crippen molar-refractivity contribution in [2.45, 2.75) is 0 Å². The fraction of sp³-hybridized carbons (Fsp3) is 0.400. The van der Waals surface area contributed by atoms with Crippen LogP contribution < -0.4 is 11.5 Å². The van der Waals surface area contributed by atoms with Gasteiger partial charge in [-0.2, -0.15) is 0 Å². The van der Waals surface area contributed by atoms with E-state index in [4.69, 9.17) is 16.9 Å². The minimum atomic E-state index is -0.195. The zero-order valence-electron chi connectivity index (χ0n) is 5.97. The van der Waals surface area contributed by atoms with Crippen molar-refractivity contribution in [1.29, 1.82) is 5.41 Å². The molecule has 5 nitrogen and oxygen atoms in total. The normalized spacial score (nSPS) is 11.8. The molecule has 0 radical (unpaired) electrons. The predicted molar refractivity (Wildman–Crippen MR) is 37.1 cm³/mol. The maximum atomic E-state index is 7.01. The lowest BCUT2D eigenvalue weighted by Crippen LogP contribution is -2.19. The summed E-state index contributed by atoms with van der Waals surface area (Å²) in [5.41, 5.74) is 10.5. The van der Waals surface area contributed by atoms with Crippen LogP contribution in [0.15, 0.2) is 11.6 Å². The van der Waals surface area contributed by atoms with E-state index in [1.54, 1.807) is 0 Å². The first-order valence-electron chi connectivity index (χ1n) is 2.55. The molecule has 0 unspecified atom stereocenters. The molecule has 0 aromatic carbocycles. The Bertz CT molecular complexity index is 164. The fourth-order valence-electron chi connectivity index (χ4n) is 0.332. The highest BCUT2D eigenvalue weighted by Gasteiger charge is 2.04. The van der Waals surface area contributed by atoms with Crippen LogP contribution in [0.3, 0.4) is 0 Å². The van der Waals surface area contributed by atoms with Crippen LogP contribution in [0.4, 0.5) is 0 Å². The van der Waals surface area contributed by atoms with Crippen molar-refractivity contribution in [1.82, 2.24) is 0 Å². The number of rotatable bonds is 2. The number of nitrogens with one attached hydrogen (secondary N) is 1. The molecule has 0 aliphatic rings. The van der Waals surface area contributed by atoms with E-state index < -0.39 is 0 Å². The van der Waals surface area contributed by atoms with Gasteiger partial charge >= 0.3 is 0 Å². The van der Waals surface area contributed by atoms with Gasteiger partial charge in [-0.15, -0.1) is 0 Å². The van der Waals surface area contributed by atoms with E-state index in [0.717, 1.165) is 0 Å². The van der Waals surface area contributed by atoms with Crippen LogP contribution in [0.25, 0.3) is 0 Å². The van der Waals surface area contributed by atoms with Crippen LogP contribution in [0.5, 0.6) is 0 Å². The van der Waals surface area contributed by atoms with Crippen LogP contribution in [-0.4, -0.2) is 20.1 Å². The van der Waals surface area contributed by atoms with E-state index in [2.05, 4.69) is 9.47 Å². The minimum absolute atomic E-state index is 0.00463. The van der Waals surface area contributed by atoms with Crippen molar-refractivity contribution in [3.63, 3.8) is 0 Å². The maximum Gasteiger partial charge on any atom is 0.234 e. The molecule has 0 fully saturated rings. The van der Waals surface area contributed by atoms with Crippen LogP contribution in [0, 0.1) is 5.41 Å². The van der Waals surface area contributed by atoms with Gasteiger partial charge in [0.05, 0.1) is 14.2 Å². The molecule has 0 aliphatic heterocycles. The molecule has 10 heavy (non-hydrogen) atoms. The Hall–Kier alpha value is -1.39. The zero-order chi connectivity index (χ0) is 8.15. The van der Waals surface area contributed by atoms with Gasteiger partial charge in [0.2, 0.25) is 11.8 Å². The molecule has 0 amide bonds. The first kappa shape index (κ1) is 8.61. The molecule has 0 saturated carbocycles. The average molecular weight is 145 g/mol. The van der Waals surface area contributed by atoms with Gasteiger partial charge in [-0.25, -0.2) is 0 Å². The van der Waals surface area contributed by atoms with Gasteiger partial charge in [0.15, 0.2) is 5.70 Å². The van der Waals surface area contributed by atoms with Gasteiger partial charge in [0, 0.05) is 0 Å². The van der Waals surface area contributed by atoms with E-state index in [1.807, 2.05) is 0 Å². The second kappa shape index (κ2) is 3.60. The molecular weight excluding hydrogens is 134 g/mol. The topological polar surface area (TPSA) is 94.3 Å². The van der Waals surface area contributed by atoms with Crippen LogP contribution in [-0.2, 0) is 9.47 Å². The van der Waals surface area contributed by atoms with Crippen molar-refractivity contribution in [2.24, 2.45) is 11.5 Å².